The fourth-order valence-corrected chi connectivity index (χ4v) is 1.69. The third kappa shape index (κ3) is 3.79. The van der Waals surface area contributed by atoms with E-state index in [1.54, 1.807) is 32.2 Å². The summed E-state index contributed by atoms with van der Waals surface area (Å²) >= 11 is 11.7. The molecule has 0 saturated carbocycles. The Balaban J connectivity index is 2.72. The molecule has 5 heteroatoms. The van der Waals surface area contributed by atoms with Crippen molar-refractivity contribution in [1.82, 2.24) is 5.32 Å². The van der Waals surface area contributed by atoms with E-state index in [0.29, 0.717) is 23.2 Å². The van der Waals surface area contributed by atoms with Crippen LogP contribution >= 0.6 is 23.2 Å². The average Bonchev–Trinajstić information content (AvgIpc) is 2.35. The largest absolute Gasteiger partial charge is 0.496 e. The van der Waals surface area contributed by atoms with E-state index in [4.69, 9.17) is 27.9 Å². The van der Waals surface area contributed by atoms with E-state index in [-0.39, 0.29) is 11.8 Å². The van der Waals surface area contributed by atoms with E-state index in [2.05, 4.69) is 5.32 Å². The maximum Gasteiger partial charge on any atom is 0.224 e. The first-order valence-corrected chi connectivity index (χ1v) is 6.16. The zero-order chi connectivity index (χ0) is 12.8. The van der Waals surface area contributed by atoms with Crippen LogP contribution in [-0.4, -0.2) is 18.9 Å². The number of hydrogen-bond acceptors (Lipinski definition) is 2. The van der Waals surface area contributed by atoms with Crippen LogP contribution in [0.5, 0.6) is 5.75 Å². The first-order valence-electron chi connectivity index (χ1n) is 5.25. The average molecular weight is 276 g/mol. The van der Waals surface area contributed by atoms with Crippen LogP contribution in [0.15, 0.2) is 18.2 Å². The molecule has 1 rings (SSSR count). The minimum absolute atomic E-state index is 0.0954. The van der Waals surface area contributed by atoms with E-state index in [0.717, 1.165) is 5.56 Å². The Labute approximate surface area is 111 Å². The summed E-state index contributed by atoms with van der Waals surface area (Å²) in [5.41, 5.74) is 0.770. The van der Waals surface area contributed by atoms with Gasteiger partial charge in [-0.25, -0.2) is 0 Å². The molecule has 0 aromatic heterocycles. The van der Waals surface area contributed by atoms with Crippen LogP contribution in [0.25, 0.3) is 0 Å². The Bertz CT molecular complexity index is 396. The van der Waals surface area contributed by atoms with E-state index in [1.165, 1.54) is 0 Å². The minimum Gasteiger partial charge on any atom is -0.496 e. The van der Waals surface area contributed by atoms with Crippen molar-refractivity contribution in [2.24, 2.45) is 5.92 Å². The molecule has 3 nitrogen and oxygen atoms in total. The van der Waals surface area contributed by atoms with Crippen LogP contribution in [0.4, 0.5) is 0 Å². The van der Waals surface area contributed by atoms with Crippen LogP contribution in [0.1, 0.15) is 12.5 Å². The second kappa shape index (κ2) is 6.72. The van der Waals surface area contributed by atoms with Crippen molar-refractivity contribution >= 4 is 29.1 Å². The summed E-state index contributed by atoms with van der Waals surface area (Å²) in [6, 6.07) is 5.36. The number of benzene rings is 1. The zero-order valence-corrected chi connectivity index (χ0v) is 11.3. The zero-order valence-electron chi connectivity index (χ0n) is 9.80. The molecule has 1 atom stereocenters. The molecule has 0 aliphatic rings. The van der Waals surface area contributed by atoms with Gasteiger partial charge in [-0.1, -0.05) is 24.6 Å². The van der Waals surface area contributed by atoms with Gasteiger partial charge >= 0.3 is 0 Å². The van der Waals surface area contributed by atoms with Crippen LogP contribution in [0.2, 0.25) is 5.02 Å². The number of hydrogen-bond donors (Lipinski definition) is 1. The first kappa shape index (κ1) is 14.1. The van der Waals surface area contributed by atoms with Crippen LogP contribution < -0.4 is 10.1 Å². The third-order valence-corrected chi connectivity index (χ3v) is 3.23. The van der Waals surface area contributed by atoms with Gasteiger partial charge in [0, 0.05) is 28.9 Å². The normalized spacial score (nSPS) is 12.0. The van der Waals surface area contributed by atoms with Crippen molar-refractivity contribution in [2.45, 2.75) is 13.5 Å². The molecule has 0 aliphatic carbocycles. The number of rotatable bonds is 5. The topological polar surface area (TPSA) is 38.3 Å². The molecule has 0 radical (unpaired) electrons. The summed E-state index contributed by atoms with van der Waals surface area (Å²) in [7, 11) is 1.57. The quantitative estimate of drug-likeness (QED) is 0.840. The summed E-state index contributed by atoms with van der Waals surface area (Å²) in [4.78, 5) is 11.6. The molecule has 1 N–H and O–H groups in total. The Kier molecular flexibility index (Phi) is 5.59. The lowest BCUT2D eigenvalue weighted by molar-refractivity contribution is -0.124. The van der Waals surface area contributed by atoms with Crippen molar-refractivity contribution in [2.75, 3.05) is 13.0 Å². The van der Waals surface area contributed by atoms with Crippen molar-refractivity contribution in [1.29, 1.82) is 0 Å². The lowest BCUT2D eigenvalue weighted by Gasteiger charge is -2.13. The summed E-state index contributed by atoms with van der Waals surface area (Å²) in [5.74, 6) is 0.648. The molecule has 0 aliphatic heterocycles. The SMILES string of the molecule is COc1cccc(Cl)c1CNC(=O)C(C)CCl. The molecular weight excluding hydrogens is 261 g/mol. The number of ether oxygens (including phenoxy) is 1. The van der Waals surface area contributed by atoms with Crippen LogP contribution in [-0.2, 0) is 11.3 Å². The highest BCUT2D eigenvalue weighted by Crippen LogP contribution is 2.25. The van der Waals surface area contributed by atoms with E-state index >= 15 is 0 Å². The van der Waals surface area contributed by atoms with Gasteiger partial charge in [-0.3, -0.25) is 4.79 Å². The molecule has 0 heterocycles. The highest BCUT2D eigenvalue weighted by molar-refractivity contribution is 6.31. The van der Waals surface area contributed by atoms with Crippen LogP contribution in [0.3, 0.4) is 0 Å². The van der Waals surface area contributed by atoms with Crippen molar-refractivity contribution in [3.8, 4) is 5.75 Å². The smallest absolute Gasteiger partial charge is 0.224 e. The maximum atomic E-state index is 11.6. The summed E-state index contributed by atoms with van der Waals surface area (Å²) in [6.07, 6.45) is 0. The molecule has 1 unspecified atom stereocenters. The minimum atomic E-state index is -0.217. The number of nitrogens with one attached hydrogen (secondary N) is 1. The van der Waals surface area contributed by atoms with Crippen molar-refractivity contribution in [3.63, 3.8) is 0 Å². The second-order valence-corrected chi connectivity index (χ2v) is 4.41. The molecule has 0 fully saturated rings. The number of alkyl halides is 1. The number of carbonyl (C=O) groups excluding carboxylic acids is 1. The third-order valence-electron chi connectivity index (χ3n) is 2.41. The van der Waals surface area contributed by atoms with Gasteiger partial charge in [-0.2, -0.15) is 0 Å². The molecule has 94 valence electrons. The van der Waals surface area contributed by atoms with Gasteiger partial charge < -0.3 is 10.1 Å². The van der Waals surface area contributed by atoms with Gasteiger partial charge in [0.25, 0.3) is 0 Å². The lowest BCUT2D eigenvalue weighted by Crippen LogP contribution is -2.29. The van der Waals surface area contributed by atoms with E-state index < -0.39 is 0 Å². The second-order valence-electron chi connectivity index (χ2n) is 3.69. The Hall–Kier alpha value is -0.930. The Morgan fingerprint density at radius 3 is 2.82 bits per heavy atom. The molecule has 0 saturated heterocycles. The highest BCUT2D eigenvalue weighted by Gasteiger charge is 2.13. The highest BCUT2D eigenvalue weighted by atomic mass is 35.5. The first-order chi connectivity index (χ1) is 8.10. The molecule has 0 spiro atoms. The Morgan fingerprint density at radius 2 is 2.24 bits per heavy atom. The van der Waals surface area contributed by atoms with Gasteiger partial charge in [0.1, 0.15) is 5.75 Å². The lowest BCUT2D eigenvalue weighted by atomic mass is 10.1. The molecule has 1 aromatic carbocycles. The van der Waals surface area contributed by atoms with Crippen LogP contribution in [0, 0.1) is 5.92 Å². The van der Waals surface area contributed by atoms with Gasteiger partial charge in [-0.05, 0) is 12.1 Å². The van der Waals surface area contributed by atoms with Gasteiger partial charge in [0.2, 0.25) is 5.91 Å². The fourth-order valence-electron chi connectivity index (χ4n) is 1.32. The fraction of sp³-hybridized carbons (Fsp3) is 0.417. The van der Waals surface area contributed by atoms with Gasteiger partial charge in [0.15, 0.2) is 0 Å². The Morgan fingerprint density at radius 1 is 1.53 bits per heavy atom. The van der Waals surface area contributed by atoms with Gasteiger partial charge in [-0.15, -0.1) is 11.6 Å². The molecule has 17 heavy (non-hydrogen) atoms. The predicted molar refractivity (Wildman–Crippen MR) is 69.7 cm³/mol. The number of halogens is 2. The molecule has 1 amide bonds. The number of amides is 1. The molecular formula is C12H15Cl2NO2. The predicted octanol–water partition coefficient (Wildman–Crippen LogP) is 2.84. The number of methoxy groups -OCH3 is 1. The standard InChI is InChI=1S/C12H15Cl2NO2/c1-8(6-13)12(16)15-7-9-10(14)4-3-5-11(9)17-2/h3-5,8H,6-7H2,1-2H3,(H,15,16). The van der Waals surface area contributed by atoms with Crippen molar-refractivity contribution in [3.05, 3.63) is 28.8 Å². The van der Waals surface area contributed by atoms with Gasteiger partial charge in [0.05, 0.1) is 7.11 Å². The summed E-state index contributed by atoms with van der Waals surface area (Å²) in [6.45, 7) is 2.11. The van der Waals surface area contributed by atoms with Crippen molar-refractivity contribution < 1.29 is 9.53 Å². The molecule has 0 bridgehead atoms. The monoisotopic (exact) mass is 275 g/mol. The van der Waals surface area contributed by atoms with E-state index in [9.17, 15) is 4.79 Å². The molecule has 1 aromatic rings. The maximum absolute atomic E-state index is 11.6. The number of carbonyl (C=O) groups is 1. The summed E-state index contributed by atoms with van der Waals surface area (Å²) < 4.78 is 5.18. The summed E-state index contributed by atoms with van der Waals surface area (Å²) in [5, 5.41) is 3.35. The van der Waals surface area contributed by atoms with E-state index in [1.807, 2.05) is 0 Å².